The molecule has 2 aliphatic rings. The molecule has 5 nitrogen and oxygen atoms in total. The highest BCUT2D eigenvalue weighted by Crippen LogP contribution is 2.29. The summed E-state index contributed by atoms with van der Waals surface area (Å²) >= 11 is 0. The molecule has 1 atom stereocenters. The van der Waals surface area contributed by atoms with Gasteiger partial charge in [0.25, 0.3) is 0 Å². The van der Waals surface area contributed by atoms with Crippen molar-refractivity contribution >= 4 is 5.91 Å². The monoisotopic (exact) mass is 378 g/mol. The van der Waals surface area contributed by atoms with E-state index in [0.29, 0.717) is 18.4 Å². The topological polar surface area (TPSA) is 49.3 Å². The highest BCUT2D eigenvalue weighted by atomic mass is 16.2. The van der Waals surface area contributed by atoms with E-state index in [1.807, 2.05) is 6.07 Å². The molecule has 0 saturated carbocycles. The number of likely N-dealkylation sites (tertiary alicyclic amines) is 2. The summed E-state index contributed by atoms with van der Waals surface area (Å²) in [5.74, 6) is 2.39. The lowest BCUT2D eigenvalue weighted by Crippen LogP contribution is -2.43. The Morgan fingerprint density at radius 2 is 1.75 bits per heavy atom. The summed E-state index contributed by atoms with van der Waals surface area (Å²) < 4.78 is 0. The van der Waals surface area contributed by atoms with Crippen molar-refractivity contribution in [2.24, 2.45) is 5.92 Å². The predicted octanol–water partition coefficient (Wildman–Crippen LogP) is 3.58. The van der Waals surface area contributed by atoms with E-state index in [-0.39, 0.29) is 0 Å². The summed E-state index contributed by atoms with van der Waals surface area (Å²) in [7, 11) is 0. The van der Waals surface area contributed by atoms with Crippen LogP contribution in [0.25, 0.3) is 11.4 Å². The maximum absolute atomic E-state index is 12.7. The molecular formula is C23H30N4O. The Hall–Kier alpha value is -2.27. The SMILES string of the molecule is CCC1CCN(CC(=O)N2CCC(c3ccc(-c4ncccn4)cc3)CC2)C1. The Balaban J connectivity index is 1.28. The molecule has 2 fully saturated rings. The minimum absolute atomic E-state index is 0.312. The number of benzene rings is 1. The molecule has 0 spiro atoms. The molecular weight excluding hydrogens is 348 g/mol. The molecule has 1 unspecified atom stereocenters. The van der Waals surface area contributed by atoms with Gasteiger partial charge in [-0.3, -0.25) is 9.69 Å². The highest BCUT2D eigenvalue weighted by molar-refractivity contribution is 5.78. The number of nitrogens with zero attached hydrogens (tertiary/aromatic N) is 4. The number of carbonyl (C=O) groups excluding carboxylic acids is 1. The minimum atomic E-state index is 0.312. The zero-order valence-electron chi connectivity index (χ0n) is 16.8. The molecule has 1 aromatic carbocycles. The lowest BCUT2D eigenvalue weighted by molar-refractivity contribution is -0.133. The summed E-state index contributed by atoms with van der Waals surface area (Å²) in [6, 6.07) is 10.4. The largest absolute Gasteiger partial charge is 0.342 e. The van der Waals surface area contributed by atoms with Gasteiger partial charge in [0.2, 0.25) is 5.91 Å². The van der Waals surface area contributed by atoms with E-state index in [4.69, 9.17) is 0 Å². The number of aromatic nitrogens is 2. The Kier molecular flexibility index (Phi) is 6.01. The van der Waals surface area contributed by atoms with Gasteiger partial charge in [-0.2, -0.15) is 0 Å². The quantitative estimate of drug-likeness (QED) is 0.798. The summed E-state index contributed by atoms with van der Waals surface area (Å²) in [5, 5.41) is 0. The third-order valence-corrected chi connectivity index (χ3v) is 6.36. The maximum atomic E-state index is 12.7. The van der Waals surface area contributed by atoms with Gasteiger partial charge in [0.1, 0.15) is 0 Å². The van der Waals surface area contributed by atoms with Crippen molar-refractivity contribution in [3.63, 3.8) is 0 Å². The van der Waals surface area contributed by atoms with Crippen molar-refractivity contribution in [3.8, 4) is 11.4 Å². The number of carbonyl (C=O) groups is 1. The molecule has 2 saturated heterocycles. The summed E-state index contributed by atoms with van der Waals surface area (Å²) in [6.45, 7) is 6.78. The summed E-state index contributed by atoms with van der Waals surface area (Å²) in [5.41, 5.74) is 2.41. The number of piperidine rings is 1. The molecule has 0 radical (unpaired) electrons. The summed E-state index contributed by atoms with van der Waals surface area (Å²) in [4.78, 5) is 25.7. The third-order valence-electron chi connectivity index (χ3n) is 6.36. The van der Waals surface area contributed by atoms with Crippen LogP contribution in [0.15, 0.2) is 42.7 Å². The van der Waals surface area contributed by atoms with Gasteiger partial charge in [-0.15, -0.1) is 0 Å². The highest BCUT2D eigenvalue weighted by Gasteiger charge is 2.27. The molecule has 2 aliphatic heterocycles. The van der Waals surface area contributed by atoms with E-state index in [9.17, 15) is 4.79 Å². The van der Waals surface area contributed by atoms with Gasteiger partial charge in [0.05, 0.1) is 6.54 Å². The van der Waals surface area contributed by atoms with Crippen LogP contribution in [-0.4, -0.2) is 58.4 Å². The minimum Gasteiger partial charge on any atom is -0.342 e. The number of hydrogen-bond donors (Lipinski definition) is 0. The standard InChI is InChI=1S/C23H30N4O/c1-2-18-8-13-26(16-18)17-22(28)27-14-9-20(10-15-27)19-4-6-21(7-5-19)23-24-11-3-12-25-23/h3-7,11-12,18,20H,2,8-10,13-17H2,1H3. The number of amides is 1. The second-order valence-corrected chi connectivity index (χ2v) is 8.15. The van der Waals surface area contributed by atoms with Crippen LogP contribution in [0.1, 0.15) is 44.1 Å². The number of hydrogen-bond acceptors (Lipinski definition) is 4. The van der Waals surface area contributed by atoms with Crippen molar-refractivity contribution in [2.75, 3.05) is 32.7 Å². The van der Waals surface area contributed by atoms with Gasteiger partial charge >= 0.3 is 0 Å². The molecule has 1 amide bonds. The molecule has 0 N–H and O–H groups in total. The lowest BCUT2D eigenvalue weighted by Gasteiger charge is -2.33. The Labute approximate surface area is 167 Å². The lowest BCUT2D eigenvalue weighted by atomic mass is 9.89. The molecule has 0 bridgehead atoms. The van der Waals surface area contributed by atoms with Crippen LogP contribution in [-0.2, 0) is 4.79 Å². The van der Waals surface area contributed by atoms with E-state index in [0.717, 1.165) is 56.3 Å². The Morgan fingerprint density at radius 1 is 1.04 bits per heavy atom. The van der Waals surface area contributed by atoms with Crippen molar-refractivity contribution in [1.29, 1.82) is 0 Å². The van der Waals surface area contributed by atoms with Gasteiger partial charge in [-0.1, -0.05) is 37.6 Å². The second-order valence-electron chi connectivity index (χ2n) is 8.15. The van der Waals surface area contributed by atoms with Crippen LogP contribution in [0, 0.1) is 5.92 Å². The molecule has 3 heterocycles. The fourth-order valence-corrected chi connectivity index (χ4v) is 4.50. The first kappa shape index (κ1) is 19.1. The molecule has 4 rings (SSSR count). The van der Waals surface area contributed by atoms with Crippen LogP contribution >= 0.6 is 0 Å². The molecule has 1 aromatic heterocycles. The van der Waals surface area contributed by atoms with Gasteiger partial charge in [-0.05, 0) is 49.3 Å². The summed E-state index contributed by atoms with van der Waals surface area (Å²) in [6.07, 6.45) is 8.11. The van der Waals surface area contributed by atoms with Crippen molar-refractivity contribution in [2.45, 2.75) is 38.5 Å². The van der Waals surface area contributed by atoms with E-state index >= 15 is 0 Å². The fourth-order valence-electron chi connectivity index (χ4n) is 4.50. The number of rotatable bonds is 5. The van der Waals surface area contributed by atoms with Crippen molar-refractivity contribution in [1.82, 2.24) is 19.8 Å². The van der Waals surface area contributed by atoms with E-state index in [1.165, 1.54) is 18.4 Å². The molecule has 5 heteroatoms. The fraction of sp³-hybridized carbons (Fsp3) is 0.522. The average Bonchev–Trinajstić information content (AvgIpc) is 3.22. The van der Waals surface area contributed by atoms with Crippen molar-refractivity contribution in [3.05, 3.63) is 48.3 Å². The van der Waals surface area contributed by atoms with Crippen LogP contribution in [0.2, 0.25) is 0 Å². The van der Waals surface area contributed by atoms with Gasteiger partial charge < -0.3 is 4.90 Å². The second kappa shape index (κ2) is 8.82. The average molecular weight is 379 g/mol. The predicted molar refractivity (Wildman–Crippen MR) is 111 cm³/mol. The Morgan fingerprint density at radius 3 is 2.39 bits per heavy atom. The van der Waals surface area contributed by atoms with Crippen LogP contribution in [0.3, 0.4) is 0 Å². The zero-order valence-corrected chi connectivity index (χ0v) is 16.8. The third kappa shape index (κ3) is 4.41. The first-order chi connectivity index (χ1) is 13.7. The van der Waals surface area contributed by atoms with Crippen LogP contribution in [0.4, 0.5) is 0 Å². The van der Waals surface area contributed by atoms with Crippen molar-refractivity contribution < 1.29 is 4.79 Å². The smallest absolute Gasteiger partial charge is 0.236 e. The van der Waals surface area contributed by atoms with E-state index in [1.54, 1.807) is 12.4 Å². The molecule has 148 valence electrons. The first-order valence-corrected chi connectivity index (χ1v) is 10.6. The van der Waals surface area contributed by atoms with Crippen LogP contribution < -0.4 is 0 Å². The zero-order chi connectivity index (χ0) is 19.3. The van der Waals surface area contributed by atoms with Gasteiger partial charge in [0.15, 0.2) is 5.82 Å². The first-order valence-electron chi connectivity index (χ1n) is 10.6. The van der Waals surface area contributed by atoms with E-state index in [2.05, 4.69) is 51.0 Å². The Bertz CT molecular complexity index is 769. The van der Waals surface area contributed by atoms with Gasteiger partial charge in [0, 0.05) is 37.6 Å². The molecule has 28 heavy (non-hydrogen) atoms. The maximum Gasteiger partial charge on any atom is 0.236 e. The molecule has 2 aromatic rings. The van der Waals surface area contributed by atoms with E-state index < -0.39 is 0 Å². The van der Waals surface area contributed by atoms with Gasteiger partial charge in [-0.25, -0.2) is 9.97 Å². The molecule has 0 aliphatic carbocycles. The van der Waals surface area contributed by atoms with Crippen LogP contribution in [0.5, 0.6) is 0 Å². The normalized spacial score (nSPS) is 21.2.